The second-order valence-corrected chi connectivity index (χ2v) is 7.82. The summed E-state index contributed by atoms with van der Waals surface area (Å²) in [6, 6.07) is 4.23. The number of carbonyl (C=O) groups is 1. The third kappa shape index (κ3) is 3.06. The summed E-state index contributed by atoms with van der Waals surface area (Å²) in [4.78, 5) is 23.6. The van der Waals surface area contributed by atoms with Crippen LogP contribution in [0.25, 0.3) is 0 Å². The van der Waals surface area contributed by atoms with Crippen LogP contribution in [0.5, 0.6) is 0 Å². The van der Waals surface area contributed by atoms with E-state index in [-0.39, 0.29) is 11.9 Å². The minimum atomic E-state index is -0.0722. The Hall–Kier alpha value is -2.44. The zero-order valence-electron chi connectivity index (χ0n) is 14.8. The summed E-state index contributed by atoms with van der Waals surface area (Å²) in [5, 5.41) is 10.3. The van der Waals surface area contributed by atoms with Gasteiger partial charge in [-0.1, -0.05) is 0 Å². The lowest BCUT2D eigenvalue weighted by atomic mass is 9.78. The van der Waals surface area contributed by atoms with Crippen LogP contribution < -0.4 is 10.2 Å². The number of hydrogen-bond acceptors (Lipinski definition) is 5. The van der Waals surface area contributed by atoms with Gasteiger partial charge in [0.25, 0.3) is 5.91 Å². The molecule has 3 fully saturated rings. The molecule has 26 heavy (non-hydrogen) atoms. The number of anilines is 1. The first kappa shape index (κ1) is 15.8. The molecule has 1 aliphatic heterocycles. The molecule has 3 aliphatic rings. The molecule has 0 spiro atoms. The largest absolute Gasteiger partial charge is 0.357 e. The van der Waals surface area contributed by atoms with Gasteiger partial charge in [-0.15, -0.1) is 0 Å². The second-order valence-electron chi connectivity index (χ2n) is 7.82. The first-order valence-corrected chi connectivity index (χ1v) is 9.69. The molecule has 2 N–H and O–H groups in total. The molecule has 2 aromatic heterocycles. The highest BCUT2D eigenvalue weighted by Crippen LogP contribution is 2.39. The average molecular weight is 352 g/mol. The Bertz CT molecular complexity index is 802. The van der Waals surface area contributed by atoms with Crippen molar-refractivity contribution in [3.63, 3.8) is 0 Å². The zero-order chi connectivity index (χ0) is 17.5. The smallest absolute Gasteiger partial charge is 0.271 e. The monoisotopic (exact) mass is 352 g/mol. The average Bonchev–Trinajstić information content (AvgIpc) is 3.13. The van der Waals surface area contributed by atoms with Crippen molar-refractivity contribution in [1.29, 1.82) is 0 Å². The van der Waals surface area contributed by atoms with Gasteiger partial charge in [0.15, 0.2) is 0 Å². The normalized spacial score (nSPS) is 25.2. The number of aromatic amines is 1. The zero-order valence-corrected chi connectivity index (χ0v) is 14.8. The number of nitrogens with zero attached hydrogens (tertiary/aromatic N) is 4. The van der Waals surface area contributed by atoms with Crippen molar-refractivity contribution in [3.8, 4) is 0 Å². The lowest BCUT2D eigenvalue weighted by Crippen LogP contribution is -2.43. The molecule has 1 amide bonds. The molecule has 0 bridgehead atoms. The fourth-order valence-corrected chi connectivity index (χ4v) is 4.00. The van der Waals surface area contributed by atoms with Crippen LogP contribution in [-0.2, 0) is 0 Å². The Balaban J connectivity index is 1.16. The van der Waals surface area contributed by atoms with E-state index >= 15 is 0 Å². The number of carbonyl (C=O) groups excluding carboxylic acids is 1. The van der Waals surface area contributed by atoms with E-state index in [0.717, 1.165) is 43.1 Å². The van der Waals surface area contributed by atoms with Crippen LogP contribution in [0.15, 0.2) is 18.5 Å². The van der Waals surface area contributed by atoms with E-state index in [4.69, 9.17) is 0 Å². The summed E-state index contributed by atoms with van der Waals surface area (Å²) >= 11 is 0. The Morgan fingerprint density at radius 3 is 2.69 bits per heavy atom. The molecule has 136 valence electrons. The number of aromatic nitrogens is 4. The van der Waals surface area contributed by atoms with E-state index in [0.29, 0.717) is 17.5 Å². The van der Waals surface area contributed by atoms with E-state index in [2.05, 4.69) is 36.4 Å². The van der Waals surface area contributed by atoms with Crippen molar-refractivity contribution < 1.29 is 4.79 Å². The van der Waals surface area contributed by atoms with Gasteiger partial charge in [0.05, 0.1) is 0 Å². The quantitative estimate of drug-likeness (QED) is 0.862. The van der Waals surface area contributed by atoms with Gasteiger partial charge in [-0.25, -0.2) is 9.97 Å². The van der Waals surface area contributed by atoms with Gasteiger partial charge in [0, 0.05) is 48.4 Å². The molecule has 7 nitrogen and oxygen atoms in total. The van der Waals surface area contributed by atoms with E-state index in [1.165, 1.54) is 25.7 Å². The molecule has 2 saturated carbocycles. The highest BCUT2D eigenvalue weighted by atomic mass is 16.2. The van der Waals surface area contributed by atoms with Crippen molar-refractivity contribution in [2.75, 3.05) is 18.0 Å². The number of H-pyrrole nitrogens is 1. The van der Waals surface area contributed by atoms with Crippen molar-refractivity contribution in [2.24, 2.45) is 0 Å². The van der Waals surface area contributed by atoms with Crippen LogP contribution in [0.2, 0.25) is 0 Å². The predicted octanol–water partition coefficient (Wildman–Crippen LogP) is 2.35. The highest BCUT2D eigenvalue weighted by molar-refractivity contribution is 5.92. The molecule has 1 saturated heterocycles. The Kier molecular flexibility index (Phi) is 3.87. The minimum absolute atomic E-state index is 0.0722. The lowest BCUT2D eigenvalue weighted by Gasteiger charge is -2.35. The van der Waals surface area contributed by atoms with Gasteiger partial charge in [-0.05, 0) is 44.6 Å². The van der Waals surface area contributed by atoms with Crippen LogP contribution in [0, 0.1) is 0 Å². The topological polar surface area (TPSA) is 86.8 Å². The summed E-state index contributed by atoms with van der Waals surface area (Å²) in [5.41, 5.74) is 2.70. The predicted molar refractivity (Wildman–Crippen MR) is 97.3 cm³/mol. The standard InChI is InChI=1S/C19H24N6O/c26-19(17-9-16(23-24-17)12-3-4-12)22-14-7-13(8-14)15-10-18(21-11-20-15)25-5-1-2-6-25/h9-14H,1-8H2,(H,22,26)(H,23,24). The maximum atomic E-state index is 12.3. The number of amides is 1. The lowest BCUT2D eigenvalue weighted by molar-refractivity contribution is 0.0903. The molecular formula is C19H24N6O. The van der Waals surface area contributed by atoms with Crippen LogP contribution in [0.3, 0.4) is 0 Å². The number of rotatable bonds is 5. The van der Waals surface area contributed by atoms with Gasteiger partial charge < -0.3 is 10.2 Å². The third-order valence-electron chi connectivity index (χ3n) is 5.84. The van der Waals surface area contributed by atoms with Crippen LogP contribution in [0.4, 0.5) is 5.82 Å². The number of hydrogen-bond donors (Lipinski definition) is 2. The second kappa shape index (κ2) is 6.37. The Labute approximate surface area is 152 Å². The number of nitrogens with one attached hydrogen (secondary N) is 2. The van der Waals surface area contributed by atoms with E-state index in [9.17, 15) is 4.79 Å². The molecule has 0 aromatic carbocycles. The molecule has 0 unspecified atom stereocenters. The van der Waals surface area contributed by atoms with Gasteiger partial charge in [-0.2, -0.15) is 5.10 Å². The first-order valence-electron chi connectivity index (χ1n) is 9.69. The van der Waals surface area contributed by atoms with Crippen LogP contribution in [-0.4, -0.2) is 45.2 Å². The van der Waals surface area contributed by atoms with Gasteiger partial charge in [0.2, 0.25) is 0 Å². The molecule has 7 heteroatoms. The highest BCUT2D eigenvalue weighted by Gasteiger charge is 2.34. The first-order chi connectivity index (χ1) is 12.8. The summed E-state index contributed by atoms with van der Waals surface area (Å²) < 4.78 is 0. The SMILES string of the molecule is O=C(NC1CC(c2cc(N3CCCC3)ncn2)C1)c1cc(C2CC2)[nH]n1. The van der Waals surface area contributed by atoms with Gasteiger partial charge >= 0.3 is 0 Å². The fraction of sp³-hybridized carbons (Fsp3) is 0.579. The fourth-order valence-electron chi connectivity index (χ4n) is 4.00. The van der Waals surface area contributed by atoms with Crippen molar-refractivity contribution in [3.05, 3.63) is 35.5 Å². The summed E-state index contributed by atoms with van der Waals surface area (Å²) in [7, 11) is 0. The molecule has 2 aromatic rings. The van der Waals surface area contributed by atoms with E-state index in [1.54, 1.807) is 6.33 Å². The summed E-state index contributed by atoms with van der Waals surface area (Å²) in [6.45, 7) is 2.18. The maximum absolute atomic E-state index is 12.3. The van der Waals surface area contributed by atoms with Crippen molar-refractivity contribution in [2.45, 2.75) is 56.4 Å². The minimum Gasteiger partial charge on any atom is -0.357 e. The third-order valence-corrected chi connectivity index (χ3v) is 5.84. The summed E-state index contributed by atoms with van der Waals surface area (Å²) in [5.74, 6) is 1.96. The van der Waals surface area contributed by atoms with E-state index in [1.807, 2.05) is 6.07 Å². The maximum Gasteiger partial charge on any atom is 0.271 e. The van der Waals surface area contributed by atoms with Gasteiger partial charge in [-0.3, -0.25) is 9.89 Å². The van der Waals surface area contributed by atoms with Crippen molar-refractivity contribution >= 4 is 11.7 Å². The Morgan fingerprint density at radius 1 is 1.12 bits per heavy atom. The summed E-state index contributed by atoms with van der Waals surface area (Å²) in [6.07, 6.45) is 8.43. The molecule has 3 heterocycles. The molecule has 0 radical (unpaired) electrons. The molecular weight excluding hydrogens is 328 g/mol. The Morgan fingerprint density at radius 2 is 1.92 bits per heavy atom. The van der Waals surface area contributed by atoms with Crippen molar-refractivity contribution in [1.82, 2.24) is 25.5 Å². The molecule has 2 aliphatic carbocycles. The van der Waals surface area contributed by atoms with Crippen LogP contribution in [0.1, 0.15) is 72.2 Å². The van der Waals surface area contributed by atoms with E-state index < -0.39 is 0 Å². The van der Waals surface area contributed by atoms with Gasteiger partial charge in [0.1, 0.15) is 17.8 Å². The molecule has 5 rings (SSSR count). The molecule has 0 atom stereocenters. The van der Waals surface area contributed by atoms with Crippen LogP contribution >= 0.6 is 0 Å².